The van der Waals surface area contributed by atoms with E-state index in [2.05, 4.69) is 15.6 Å². The Morgan fingerprint density at radius 2 is 2.04 bits per heavy atom. The van der Waals surface area contributed by atoms with Gasteiger partial charge >= 0.3 is 0 Å². The molecule has 1 aromatic carbocycles. The lowest BCUT2D eigenvalue weighted by atomic mass is 10.1. The predicted octanol–water partition coefficient (Wildman–Crippen LogP) is 1.96. The highest BCUT2D eigenvalue weighted by molar-refractivity contribution is 7.99. The van der Waals surface area contributed by atoms with E-state index < -0.39 is 27.7 Å². The molecule has 0 radical (unpaired) electrons. The highest BCUT2D eigenvalue weighted by atomic mass is 32.2. The number of sulfonamides is 1. The van der Waals surface area contributed by atoms with Gasteiger partial charge in [0.15, 0.2) is 5.96 Å². The summed E-state index contributed by atoms with van der Waals surface area (Å²) in [7, 11) is -3.33. The van der Waals surface area contributed by atoms with Crippen molar-refractivity contribution in [2.75, 3.05) is 43.4 Å². The highest BCUT2D eigenvalue weighted by Gasteiger charge is 2.23. The van der Waals surface area contributed by atoms with Crippen molar-refractivity contribution in [3.05, 3.63) is 35.4 Å². The molecule has 0 bridgehead atoms. The van der Waals surface area contributed by atoms with Crippen molar-refractivity contribution in [2.45, 2.75) is 19.9 Å². The molecular weight excluding hydrogens is 394 g/mol. The van der Waals surface area contributed by atoms with Crippen molar-refractivity contribution < 1.29 is 17.2 Å². The zero-order valence-electron chi connectivity index (χ0n) is 15.5. The minimum Gasteiger partial charge on any atom is -0.357 e. The van der Waals surface area contributed by atoms with Crippen molar-refractivity contribution in [1.29, 1.82) is 0 Å². The summed E-state index contributed by atoms with van der Waals surface area (Å²) in [6.45, 7) is 5.35. The smallest absolute Gasteiger partial charge is 0.215 e. The molecule has 1 aliphatic heterocycles. The van der Waals surface area contributed by atoms with E-state index in [1.54, 1.807) is 18.7 Å². The van der Waals surface area contributed by atoms with E-state index in [0.29, 0.717) is 31.2 Å². The molecule has 0 aromatic heterocycles. The maximum absolute atomic E-state index is 13.9. The molecule has 1 heterocycles. The third-order valence-corrected chi connectivity index (χ3v) is 6.90. The zero-order chi connectivity index (χ0) is 19.9. The van der Waals surface area contributed by atoms with Crippen LogP contribution in [-0.2, 0) is 10.0 Å². The topological polar surface area (TPSA) is 73.8 Å². The van der Waals surface area contributed by atoms with Crippen LogP contribution in [0.15, 0.2) is 23.2 Å². The second-order valence-electron chi connectivity index (χ2n) is 6.12. The average Bonchev–Trinajstić information content (AvgIpc) is 2.62. The Labute approximate surface area is 163 Å². The van der Waals surface area contributed by atoms with Gasteiger partial charge in [0, 0.05) is 42.8 Å². The van der Waals surface area contributed by atoms with Gasteiger partial charge in [-0.2, -0.15) is 11.8 Å². The van der Waals surface area contributed by atoms with E-state index >= 15 is 0 Å². The molecule has 2 rings (SSSR count). The maximum atomic E-state index is 13.9. The first-order chi connectivity index (χ1) is 12.8. The third-order valence-electron chi connectivity index (χ3n) is 4.11. The molecule has 152 valence electrons. The van der Waals surface area contributed by atoms with Gasteiger partial charge in [-0.1, -0.05) is 6.07 Å². The molecule has 0 amide bonds. The summed E-state index contributed by atoms with van der Waals surface area (Å²) in [6.07, 6.45) is 0. The minimum absolute atomic E-state index is 0.0759. The van der Waals surface area contributed by atoms with Crippen LogP contribution in [0.2, 0.25) is 0 Å². The number of nitrogens with zero attached hydrogens (tertiary/aromatic N) is 2. The van der Waals surface area contributed by atoms with E-state index in [0.717, 1.165) is 17.6 Å². The molecular formula is C17H26F2N4O2S2. The van der Waals surface area contributed by atoms with Gasteiger partial charge in [-0.05, 0) is 19.9 Å². The lowest BCUT2D eigenvalue weighted by molar-refractivity contribution is 0.444. The minimum atomic E-state index is -3.33. The highest BCUT2D eigenvalue weighted by Crippen LogP contribution is 2.17. The monoisotopic (exact) mass is 420 g/mol. The van der Waals surface area contributed by atoms with E-state index in [1.165, 1.54) is 16.4 Å². The fourth-order valence-corrected chi connectivity index (χ4v) is 5.14. The van der Waals surface area contributed by atoms with Gasteiger partial charge in [-0.3, -0.25) is 4.99 Å². The lowest BCUT2D eigenvalue weighted by Crippen LogP contribution is -2.41. The van der Waals surface area contributed by atoms with Crippen molar-refractivity contribution >= 4 is 27.7 Å². The Hall–Kier alpha value is -1.39. The van der Waals surface area contributed by atoms with E-state index in [1.807, 2.05) is 6.92 Å². The largest absolute Gasteiger partial charge is 0.357 e. The molecule has 27 heavy (non-hydrogen) atoms. The maximum Gasteiger partial charge on any atom is 0.215 e. The lowest BCUT2D eigenvalue weighted by Gasteiger charge is -2.25. The first-order valence-corrected chi connectivity index (χ1v) is 11.6. The van der Waals surface area contributed by atoms with Crippen molar-refractivity contribution in [1.82, 2.24) is 14.9 Å². The van der Waals surface area contributed by atoms with Crippen LogP contribution in [0.4, 0.5) is 8.78 Å². The van der Waals surface area contributed by atoms with Gasteiger partial charge in [0.05, 0.1) is 18.3 Å². The Morgan fingerprint density at radius 3 is 2.67 bits per heavy atom. The fraction of sp³-hybridized carbons (Fsp3) is 0.588. The zero-order valence-corrected chi connectivity index (χ0v) is 17.2. The number of nitrogens with one attached hydrogen (secondary N) is 2. The normalized spacial score (nSPS) is 17.6. The second-order valence-corrected chi connectivity index (χ2v) is 9.43. The molecule has 10 heteroatoms. The van der Waals surface area contributed by atoms with Crippen LogP contribution in [0, 0.1) is 11.6 Å². The van der Waals surface area contributed by atoms with Gasteiger partial charge < -0.3 is 10.6 Å². The Bertz CT molecular complexity index is 753. The van der Waals surface area contributed by atoms with E-state index in [-0.39, 0.29) is 12.3 Å². The molecule has 0 aliphatic carbocycles. The van der Waals surface area contributed by atoms with Crippen LogP contribution in [0.1, 0.15) is 25.5 Å². The molecule has 0 spiro atoms. The Kier molecular flexibility index (Phi) is 8.30. The third kappa shape index (κ3) is 6.62. The van der Waals surface area contributed by atoms with Crippen LogP contribution < -0.4 is 10.6 Å². The summed E-state index contributed by atoms with van der Waals surface area (Å²) in [5.41, 5.74) is 0.306. The quantitative estimate of drug-likeness (QED) is 0.521. The summed E-state index contributed by atoms with van der Waals surface area (Å²) in [6, 6.07) is 2.95. The number of hydrogen-bond acceptors (Lipinski definition) is 4. The Balaban J connectivity index is 1.98. The van der Waals surface area contributed by atoms with E-state index in [9.17, 15) is 17.2 Å². The van der Waals surface area contributed by atoms with Crippen LogP contribution in [0.3, 0.4) is 0 Å². The van der Waals surface area contributed by atoms with Crippen molar-refractivity contribution in [2.24, 2.45) is 4.99 Å². The first kappa shape index (κ1) is 21.9. The summed E-state index contributed by atoms with van der Waals surface area (Å²) >= 11 is 1.75. The van der Waals surface area contributed by atoms with Gasteiger partial charge in [0.1, 0.15) is 11.6 Å². The number of aliphatic imine (C=N–C) groups is 1. The molecule has 1 aliphatic rings. The summed E-state index contributed by atoms with van der Waals surface area (Å²) in [4.78, 5) is 4.29. The van der Waals surface area contributed by atoms with Gasteiger partial charge in [-0.25, -0.2) is 21.5 Å². The number of guanidine groups is 1. The van der Waals surface area contributed by atoms with E-state index in [4.69, 9.17) is 0 Å². The summed E-state index contributed by atoms with van der Waals surface area (Å²) < 4.78 is 53.2. The van der Waals surface area contributed by atoms with Crippen molar-refractivity contribution in [3.8, 4) is 0 Å². The SMILES string of the molecule is CCNC(=NCCS(=O)(=O)N1CCSCC1)NC(C)c1ccc(F)cc1F. The summed E-state index contributed by atoms with van der Waals surface area (Å²) in [5.74, 6) is 0.661. The molecule has 1 aromatic rings. The summed E-state index contributed by atoms with van der Waals surface area (Å²) in [5, 5.41) is 6.04. The van der Waals surface area contributed by atoms with Gasteiger partial charge in [-0.15, -0.1) is 0 Å². The first-order valence-electron chi connectivity index (χ1n) is 8.89. The predicted molar refractivity (Wildman–Crippen MR) is 107 cm³/mol. The molecule has 1 saturated heterocycles. The van der Waals surface area contributed by atoms with Crippen LogP contribution in [0.5, 0.6) is 0 Å². The average molecular weight is 421 g/mol. The van der Waals surface area contributed by atoms with Crippen LogP contribution >= 0.6 is 11.8 Å². The molecule has 1 atom stereocenters. The molecule has 6 nitrogen and oxygen atoms in total. The van der Waals surface area contributed by atoms with Crippen LogP contribution in [0.25, 0.3) is 0 Å². The molecule has 2 N–H and O–H groups in total. The fourth-order valence-electron chi connectivity index (χ4n) is 2.68. The number of benzene rings is 1. The van der Waals surface area contributed by atoms with Gasteiger partial charge in [0.25, 0.3) is 0 Å². The number of hydrogen-bond donors (Lipinski definition) is 2. The van der Waals surface area contributed by atoms with Crippen molar-refractivity contribution in [3.63, 3.8) is 0 Å². The number of thioether (sulfide) groups is 1. The standard InChI is InChI=1S/C17H26F2N4O2S2/c1-3-20-17(22-13(2)15-5-4-14(18)12-16(15)19)21-6-11-27(24,25)23-7-9-26-10-8-23/h4-5,12-13H,3,6-11H2,1-2H3,(H2,20,21,22). The molecule has 1 unspecified atom stereocenters. The molecule has 1 fully saturated rings. The number of rotatable bonds is 7. The Morgan fingerprint density at radius 1 is 1.33 bits per heavy atom. The second kappa shape index (κ2) is 10.2. The molecule has 0 saturated carbocycles. The number of halogens is 2. The van der Waals surface area contributed by atoms with Crippen LogP contribution in [-0.4, -0.2) is 62.1 Å². The van der Waals surface area contributed by atoms with Gasteiger partial charge in [0.2, 0.25) is 10.0 Å².